The monoisotopic (exact) mass is 356 g/mol. The minimum atomic E-state index is -0.293. The van der Waals surface area contributed by atoms with Gasteiger partial charge in [0, 0.05) is 49.5 Å². The molecule has 1 N–H and O–H groups in total. The summed E-state index contributed by atoms with van der Waals surface area (Å²) in [4.78, 5) is 14.4. The molecule has 3 rings (SSSR count). The summed E-state index contributed by atoms with van der Waals surface area (Å²) in [6.07, 6.45) is 13.5. The summed E-state index contributed by atoms with van der Waals surface area (Å²) in [7, 11) is 0. The Morgan fingerprint density at radius 1 is 1.36 bits per heavy atom. The van der Waals surface area contributed by atoms with Gasteiger partial charge in [-0.3, -0.25) is 4.79 Å². The molecule has 2 heterocycles. The molecular formula is C20H21ClN2O2. The van der Waals surface area contributed by atoms with E-state index in [1.807, 2.05) is 36.6 Å². The van der Waals surface area contributed by atoms with Crippen molar-refractivity contribution in [2.24, 2.45) is 0 Å². The molecule has 0 atom stereocenters. The highest BCUT2D eigenvalue weighted by Crippen LogP contribution is 2.29. The van der Waals surface area contributed by atoms with Crippen LogP contribution in [0.15, 0.2) is 48.3 Å². The van der Waals surface area contributed by atoms with Gasteiger partial charge in [-0.2, -0.15) is 0 Å². The lowest BCUT2D eigenvalue weighted by Gasteiger charge is -2.42. The van der Waals surface area contributed by atoms with Gasteiger partial charge in [0.2, 0.25) is 5.91 Å². The fraction of sp³-hybridized carbons (Fsp3) is 0.350. The lowest BCUT2D eigenvalue weighted by Crippen LogP contribution is -2.49. The van der Waals surface area contributed by atoms with Gasteiger partial charge in [0.25, 0.3) is 0 Å². The number of ether oxygens (including phenoxy) is 1. The molecule has 25 heavy (non-hydrogen) atoms. The second-order valence-corrected chi connectivity index (χ2v) is 6.64. The smallest absolute Gasteiger partial charge is 0.228 e. The van der Waals surface area contributed by atoms with E-state index in [1.54, 1.807) is 6.07 Å². The number of amides is 1. The number of rotatable bonds is 4. The van der Waals surface area contributed by atoms with E-state index in [-0.39, 0.29) is 17.9 Å². The average Bonchev–Trinajstić information content (AvgIpc) is 2.65. The largest absolute Gasteiger partial charge is 0.381 e. The Morgan fingerprint density at radius 3 is 2.76 bits per heavy atom. The van der Waals surface area contributed by atoms with Crippen LogP contribution in [0.1, 0.15) is 18.4 Å². The Labute approximate surface area is 153 Å². The summed E-state index contributed by atoms with van der Waals surface area (Å²) < 4.78 is 5.43. The maximum absolute atomic E-state index is 12.2. The zero-order valence-corrected chi connectivity index (χ0v) is 14.8. The van der Waals surface area contributed by atoms with Crippen LogP contribution in [0.4, 0.5) is 0 Å². The first-order valence-electron chi connectivity index (χ1n) is 8.37. The van der Waals surface area contributed by atoms with Gasteiger partial charge < -0.3 is 15.0 Å². The number of nitrogens with zero attached hydrogens (tertiary/aromatic N) is 1. The predicted molar refractivity (Wildman–Crippen MR) is 98.8 cm³/mol. The van der Waals surface area contributed by atoms with Gasteiger partial charge in [-0.25, -0.2) is 0 Å². The van der Waals surface area contributed by atoms with Gasteiger partial charge in [-0.1, -0.05) is 35.7 Å². The Kier molecular flexibility index (Phi) is 5.47. The summed E-state index contributed by atoms with van der Waals surface area (Å²) in [5.74, 6) is 2.86. The SMILES string of the molecule is C#CC1(N2C=CC(NC(=O)Cc3ccccc3Cl)=CC2)CCOCC1. The molecule has 2 aliphatic rings. The zero-order valence-electron chi connectivity index (χ0n) is 14.0. The van der Waals surface area contributed by atoms with Gasteiger partial charge in [0.15, 0.2) is 0 Å². The number of hydrogen-bond acceptors (Lipinski definition) is 3. The molecular weight excluding hydrogens is 336 g/mol. The van der Waals surface area contributed by atoms with Crippen LogP contribution in [-0.4, -0.2) is 36.1 Å². The topological polar surface area (TPSA) is 41.6 Å². The molecule has 4 nitrogen and oxygen atoms in total. The van der Waals surface area contributed by atoms with E-state index in [0.717, 1.165) is 24.1 Å². The Balaban J connectivity index is 1.58. The van der Waals surface area contributed by atoms with Crippen molar-refractivity contribution >= 4 is 17.5 Å². The van der Waals surface area contributed by atoms with Gasteiger partial charge in [-0.15, -0.1) is 6.42 Å². The summed E-state index contributed by atoms with van der Waals surface area (Å²) in [5, 5.41) is 3.53. The number of halogens is 1. The fourth-order valence-corrected chi connectivity index (χ4v) is 3.35. The lowest BCUT2D eigenvalue weighted by molar-refractivity contribution is -0.119. The highest BCUT2D eigenvalue weighted by Gasteiger charge is 2.35. The number of carbonyl (C=O) groups excluding carboxylic acids is 1. The van der Waals surface area contributed by atoms with Gasteiger partial charge >= 0.3 is 0 Å². The van der Waals surface area contributed by atoms with Crippen molar-refractivity contribution in [3.05, 3.63) is 58.9 Å². The molecule has 130 valence electrons. The molecule has 1 amide bonds. The Morgan fingerprint density at radius 2 is 2.12 bits per heavy atom. The summed E-state index contributed by atoms with van der Waals surface area (Å²) in [5.41, 5.74) is 1.31. The molecule has 1 aromatic carbocycles. The average molecular weight is 357 g/mol. The second kappa shape index (κ2) is 7.77. The first-order valence-corrected chi connectivity index (χ1v) is 8.75. The Hall–Kier alpha value is -2.22. The number of hydrogen-bond donors (Lipinski definition) is 1. The summed E-state index contributed by atoms with van der Waals surface area (Å²) in [6, 6.07) is 7.37. The fourth-order valence-electron chi connectivity index (χ4n) is 3.15. The maximum atomic E-state index is 12.2. The van der Waals surface area contributed by atoms with Crippen molar-refractivity contribution in [2.45, 2.75) is 24.8 Å². The third-order valence-corrected chi connectivity index (χ3v) is 5.04. The van der Waals surface area contributed by atoms with E-state index in [0.29, 0.717) is 24.8 Å². The zero-order chi connectivity index (χ0) is 17.7. The summed E-state index contributed by atoms with van der Waals surface area (Å²) >= 11 is 6.10. The maximum Gasteiger partial charge on any atom is 0.228 e. The third kappa shape index (κ3) is 4.07. The molecule has 0 spiro atoms. The second-order valence-electron chi connectivity index (χ2n) is 6.23. The van der Waals surface area contributed by atoms with E-state index >= 15 is 0 Å². The molecule has 5 heteroatoms. The van der Waals surface area contributed by atoms with Crippen molar-refractivity contribution < 1.29 is 9.53 Å². The highest BCUT2D eigenvalue weighted by atomic mass is 35.5. The third-order valence-electron chi connectivity index (χ3n) is 4.67. The van der Waals surface area contributed by atoms with Crippen molar-refractivity contribution in [1.82, 2.24) is 10.2 Å². The molecule has 1 aromatic rings. The van der Waals surface area contributed by atoms with E-state index in [9.17, 15) is 4.79 Å². The minimum absolute atomic E-state index is 0.0878. The Bertz CT molecular complexity index is 742. The molecule has 1 fully saturated rings. The van der Waals surface area contributed by atoms with Crippen LogP contribution in [0.3, 0.4) is 0 Å². The van der Waals surface area contributed by atoms with Gasteiger partial charge in [0.1, 0.15) is 5.54 Å². The first kappa shape index (κ1) is 17.6. The molecule has 0 unspecified atom stereocenters. The van der Waals surface area contributed by atoms with Crippen molar-refractivity contribution in [2.75, 3.05) is 19.8 Å². The van der Waals surface area contributed by atoms with Crippen LogP contribution in [-0.2, 0) is 16.0 Å². The van der Waals surface area contributed by atoms with Crippen LogP contribution >= 0.6 is 11.6 Å². The first-order chi connectivity index (χ1) is 12.1. The number of terminal acetylenes is 1. The molecule has 0 bridgehead atoms. The van der Waals surface area contributed by atoms with E-state index in [2.05, 4.69) is 16.1 Å². The highest BCUT2D eigenvalue weighted by molar-refractivity contribution is 6.31. The van der Waals surface area contributed by atoms with Crippen molar-refractivity contribution in [3.63, 3.8) is 0 Å². The molecule has 1 saturated heterocycles. The van der Waals surface area contributed by atoms with Crippen molar-refractivity contribution in [3.8, 4) is 12.3 Å². The predicted octanol–water partition coefficient (Wildman–Crippen LogP) is 2.89. The van der Waals surface area contributed by atoms with Crippen LogP contribution in [0.2, 0.25) is 5.02 Å². The minimum Gasteiger partial charge on any atom is -0.381 e. The van der Waals surface area contributed by atoms with Crippen LogP contribution in [0, 0.1) is 12.3 Å². The van der Waals surface area contributed by atoms with E-state index in [1.165, 1.54) is 0 Å². The standard InChI is InChI=1S/C20H21ClN2O2/c1-2-20(9-13-25-14-10-20)23-11-7-17(8-12-23)22-19(24)15-16-5-3-4-6-18(16)21/h1,3-8,11H,9-10,12-15H2,(H,22,24). The molecule has 0 aliphatic carbocycles. The quantitative estimate of drug-likeness (QED) is 0.843. The van der Waals surface area contributed by atoms with Gasteiger partial charge in [-0.05, 0) is 23.8 Å². The number of allylic oxidation sites excluding steroid dienone is 1. The van der Waals surface area contributed by atoms with Crippen LogP contribution in [0.25, 0.3) is 0 Å². The molecule has 0 radical (unpaired) electrons. The normalized spacial score (nSPS) is 19.0. The van der Waals surface area contributed by atoms with Crippen LogP contribution < -0.4 is 5.32 Å². The van der Waals surface area contributed by atoms with Crippen LogP contribution in [0.5, 0.6) is 0 Å². The molecule has 0 saturated carbocycles. The number of benzene rings is 1. The van der Waals surface area contributed by atoms with E-state index < -0.39 is 0 Å². The lowest BCUT2D eigenvalue weighted by atomic mass is 9.88. The van der Waals surface area contributed by atoms with Crippen molar-refractivity contribution in [1.29, 1.82) is 0 Å². The number of nitrogens with one attached hydrogen (secondary N) is 1. The van der Waals surface area contributed by atoms with Gasteiger partial charge in [0.05, 0.1) is 6.42 Å². The number of carbonyl (C=O) groups is 1. The summed E-state index contributed by atoms with van der Waals surface area (Å²) in [6.45, 7) is 2.03. The molecule has 0 aromatic heterocycles. The van der Waals surface area contributed by atoms with E-state index in [4.69, 9.17) is 22.8 Å². The molecule has 2 aliphatic heterocycles.